The van der Waals surface area contributed by atoms with Gasteiger partial charge < -0.3 is 15.3 Å². The van der Waals surface area contributed by atoms with Crippen molar-refractivity contribution in [2.75, 3.05) is 5.33 Å². The third-order valence-electron chi connectivity index (χ3n) is 2.58. The van der Waals surface area contributed by atoms with Crippen LogP contribution in [0.1, 0.15) is 28.4 Å². The first-order chi connectivity index (χ1) is 9.23. The van der Waals surface area contributed by atoms with Gasteiger partial charge in [-0.25, -0.2) is 22.4 Å². The van der Waals surface area contributed by atoms with Crippen LogP contribution in [-0.2, 0) is 0 Å². The zero-order valence-electron chi connectivity index (χ0n) is 9.71. The Morgan fingerprint density at radius 3 is 1.85 bits per heavy atom. The molecule has 9 heteroatoms. The number of benzene rings is 1. The van der Waals surface area contributed by atoms with E-state index in [0.29, 0.717) is 0 Å². The SMILES string of the molecule is O=C(O)c1c(F)c(F)c(C(O)C(O)CCBr)c(F)c1F. The molecule has 0 aliphatic carbocycles. The Labute approximate surface area is 118 Å². The molecule has 1 aromatic rings. The van der Waals surface area contributed by atoms with Crippen molar-refractivity contribution in [3.63, 3.8) is 0 Å². The fourth-order valence-corrected chi connectivity index (χ4v) is 2.03. The molecule has 0 saturated heterocycles. The molecule has 1 rings (SSSR count). The number of aliphatic hydroxyl groups excluding tert-OH is 2. The molecule has 2 unspecified atom stereocenters. The number of hydrogen-bond donors (Lipinski definition) is 3. The molecule has 0 spiro atoms. The van der Waals surface area contributed by atoms with Crippen LogP contribution >= 0.6 is 15.9 Å². The fourth-order valence-electron chi connectivity index (χ4n) is 1.56. The highest BCUT2D eigenvalue weighted by Gasteiger charge is 2.34. The minimum atomic E-state index is -2.24. The van der Waals surface area contributed by atoms with E-state index in [9.17, 15) is 32.6 Å². The maximum Gasteiger partial charge on any atom is 0.341 e. The van der Waals surface area contributed by atoms with Crippen molar-refractivity contribution >= 4 is 21.9 Å². The second kappa shape index (κ2) is 6.51. The Kier molecular flexibility index (Phi) is 5.49. The van der Waals surface area contributed by atoms with Crippen molar-refractivity contribution in [2.24, 2.45) is 0 Å². The lowest BCUT2D eigenvalue weighted by atomic mass is 9.98. The number of carboxylic acids is 1. The van der Waals surface area contributed by atoms with Crippen LogP contribution in [0.15, 0.2) is 0 Å². The van der Waals surface area contributed by atoms with Gasteiger partial charge in [-0.3, -0.25) is 0 Å². The third kappa shape index (κ3) is 2.94. The van der Waals surface area contributed by atoms with Crippen LogP contribution in [-0.4, -0.2) is 32.7 Å². The van der Waals surface area contributed by atoms with Crippen molar-refractivity contribution < 1.29 is 37.7 Å². The Balaban J connectivity index is 3.47. The minimum Gasteiger partial charge on any atom is -0.477 e. The molecule has 0 aromatic heterocycles. The van der Waals surface area contributed by atoms with Gasteiger partial charge in [0.05, 0.1) is 11.7 Å². The van der Waals surface area contributed by atoms with E-state index in [1.807, 2.05) is 0 Å². The predicted molar refractivity (Wildman–Crippen MR) is 62.6 cm³/mol. The Hall–Kier alpha value is -1.19. The van der Waals surface area contributed by atoms with E-state index in [4.69, 9.17) is 5.11 Å². The van der Waals surface area contributed by atoms with E-state index in [0.717, 1.165) is 0 Å². The second-order valence-electron chi connectivity index (χ2n) is 3.84. The first-order valence-electron chi connectivity index (χ1n) is 5.25. The first kappa shape index (κ1) is 16.9. The summed E-state index contributed by atoms with van der Waals surface area (Å²) in [5, 5.41) is 27.6. The Morgan fingerprint density at radius 2 is 1.50 bits per heavy atom. The molecule has 0 heterocycles. The molecule has 2 atom stereocenters. The van der Waals surface area contributed by atoms with E-state index >= 15 is 0 Å². The van der Waals surface area contributed by atoms with Crippen molar-refractivity contribution in [1.29, 1.82) is 0 Å². The summed E-state index contributed by atoms with van der Waals surface area (Å²) in [7, 11) is 0. The summed E-state index contributed by atoms with van der Waals surface area (Å²) in [5.41, 5.74) is -3.25. The van der Waals surface area contributed by atoms with Crippen LogP contribution in [0.3, 0.4) is 0 Å². The summed E-state index contributed by atoms with van der Waals surface area (Å²) >= 11 is 2.90. The number of alkyl halides is 1. The fraction of sp³-hybridized carbons (Fsp3) is 0.364. The molecular formula is C11H9BrF4O4. The molecule has 20 heavy (non-hydrogen) atoms. The average molecular weight is 361 g/mol. The Morgan fingerprint density at radius 1 is 1.05 bits per heavy atom. The standard InChI is InChI=1S/C11H9BrF4O4/c12-2-1-3(17)10(18)4-6(13)8(15)5(11(19)20)9(16)7(4)14/h3,10,17-18H,1-2H2,(H,19,20). The summed E-state index contributed by atoms with van der Waals surface area (Å²) in [6.45, 7) is 0. The van der Waals surface area contributed by atoms with Crippen molar-refractivity contribution in [2.45, 2.75) is 18.6 Å². The normalized spacial score (nSPS) is 14.2. The number of carboxylic acid groups (broad SMARTS) is 1. The summed E-state index contributed by atoms with van der Waals surface area (Å²) in [6, 6.07) is 0. The van der Waals surface area contributed by atoms with Gasteiger partial charge in [0.1, 0.15) is 11.7 Å². The monoisotopic (exact) mass is 360 g/mol. The number of hydrogen-bond acceptors (Lipinski definition) is 3. The molecule has 0 fully saturated rings. The van der Waals surface area contributed by atoms with Gasteiger partial charge in [0.2, 0.25) is 0 Å². The molecule has 0 saturated carbocycles. The van der Waals surface area contributed by atoms with Gasteiger partial charge >= 0.3 is 5.97 Å². The van der Waals surface area contributed by atoms with E-state index in [1.54, 1.807) is 0 Å². The maximum atomic E-state index is 13.6. The smallest absolute Gasteiger partial charge is 0.341 e. The lowest BCUT2D eigenvalue weighted by molar-refractivity contribution is 0.0121. The van der Waals surface area contributed by atoms with Gasteiger partial charge in [0.15, 0.2) is 23.3 Å². The largest absolute Gasteiger partial charge is 0.477 e. The summed E-state index contributed by atoms with van der Waals surface area (Å²) in [5.74, 6) is -10.6. The van der Waals surface area contributed by atoms with E-state index in [2.05, 4.69) is 15.9 Å². The number of halogens is 5. The molecule has 0 aliphatic heterocycles. The number of rotatable bonds is 5. The quantitative estimate of drug-likeness (QED) is 0.427. The molecule has 0 bridgehead atoms. The number of aromatic carboxylic acids is 1. The molecule has 4 nitrogen and oxygen atoms in total. The minimum absolute atomic E-state index is 0.149. The molecule has 1 aromatic carbocycles. The van der Waals surface area contributed by atoms with Crippen molar-refractivity contribution in [3.05, 3.63) is 34.4 Å². The van der Waals surface area contributed by atoms with Crippen molar-refractivity contribution in [1.82, 2.24) is 0 Å². The van der Waals surface area contributed by atoms with Crippen LogP contribution < -0.4 is 0 Å². The van der Waals surface area contributed by atoms with E-state index < -0.39 is 52.6 Å². The van der Waals surface area contributed by atoms with Crippen LogP contribution in [0, 0.1) is 23.3 Å². The third-order valence-corrected chi connectivity index (χ3v) is 3.03. The lowest BCUT2D eigenvalue weighted by Crippen LogP contribution is -2.23. The van der Waals surface area contributed by atoms with Gasteiger partial charge in [-0.1, -0.05) is 15.9 Å². The zero-order chi connectivity index (χ0) is 15.6. The average Bonchev–Trinajstić information content (AvgIpc) is 2.36. The van der Waals surface area contributed by atoms with Gasteiger partial charge in [0.25, 0.3) is 0 Å². The Bertz CT molecular complexity index is 509. The first-order valence-corrected chi connectivity index (χ1v) is 6.37. The van der Waals surface area contributed by atoms with Gasteiger partial charge in [0, 0.05) is 5.33 Å². The molecular weight excluding hydrogens is 352 g/mol. The second-order valence-corrected chi connectivity index (χ2v) is 4.63. The predicted octanol–water partition coefficient (Wildman–Crippen LogP) is 2.12. The van der Waals surface area contributed by atoms with Gasteiger partial charge in [-0.15, -0.1) is 0 Å². The molecule has 112 valence electrons. The van der Waals surface area contributed by atoms with E-state index in [-0.39, 0.29) is 11.8 Å². The molecule has 3 N–H and O–H groups in total. The van der Waals surface area contributed by atoms with E-state index in [1.165, 1.54) is 0 Å². The highest BCUT2D eigenvalue weighted by molar-refractivity contribution is 9.09. The zero-order valence-corrected chi connectivity index (χ0v) is 11.3. The molecule has 0 aliphatic rings. The summed E-state index contributed by atoms with van der Waals surface area (Å²) in [4.78, 5) is 10.5. The highest BCUT2D eigenvalue weighted by Crippen LogP contribution is 2.31. The highest BCUT2D eigenvalue weighted by atomic mass is 79.9. The van der Waals surface area contributed by atoms with Crippen molar-refractivity contribution in [3.8, 4) is 0 Å². The summed E-state index contributed by atoms with van der Waals surface area (Å²) < 4.78 is 54.0. The maximum absolute atomic E-state index is 13.6. The lowest BCUT2D eigenvalue weighted by Gasteiger charge is -2.19. The number of carbonyl (C=O) groups is 1. The van der Waals surface area contributed by atoms with Crippen LogP contribution in [0.25, 0.3) is 0 Å². The number of aliphatic hydroxyl groups is 2. The van der Waals surface area contributed by atoms with Crippen LogP contribution in [0.4, 0.5) is 17.6 Å². The van der Waals surface area contributed by atoms with Gasteiger partial charge in [-0.2, -0.15) is 0 Å². The summed E-state index contributed by atoms with van der Waals surface area (Å²) in [6.07, 6.45) is -4.07. The molecule has 0 amide bonds. The van der Waals surface area contributed by atoms with Crippen LogP contribution in [0.2, 0.25) is 0 Å². The molecule has 0 radical (unpaired) electrons. The topological polar surface area (TPSA) is 77.8 Å². The van der Waals surface area contributed by atoms with Gasteiger partial charge in [-0.05, 0) is 6.42 Å². The van der Waals surface area contributed by atoms with Crippen LogP contribution in [0.5, 0.6) is 0 Å².